The molecule has 0 aliphatic carbocycles. The Balaban J connectivity index is 1.49. The van der Waals surface area contributed by atoms with Gasteiger partial charge in [0.1, 0.15) is 6.10 Å². The molecule has 3 heterocycles. The van der Waals surface area contributed by atoms with Crippen molar-refractivity contribution in [2.45, 2.75) is 18.9 Å². The standard InChI is InChI=1S/C21H21ClN6O4/c1-27(2)21(30)28-9-7-14(8-10-28)32-20-23-16-11-15(22)17(24-18(16)25-20)12-3-5-13(6-4-12)19(29)26-31/h3-6,11,14H,7-10H2,1-2H3,(H,23,24,25). The summed E-state index contributed by atoms with van der Waals surface area (Å²) in [7, 11) is 3.48. The number of nitrogens with one attached hydrogen (secondary N) is 1. The fourth-order valence-corrected chi connectivity index (χ4v) is 3.84. The Hall–Kier alpha value is -3.53. The van der Waals surface area contributed by atoms with Crippen LogP contribution in [0.15, 0.2) is 35.5 Å². The van der Waals surface area contributed by atoms with Gasteiger partial charge in [0.25, 0.3) is 6.01 Å². The van der Waals surface area contributed by atoms with Gasteiger partial charge in [-0.1, -0.05) is 23.7 Å². The van der Waals surface area contributed by atoms with Crippen molar-refractivity contribution < 1.29 is 14.3 Å². The molecule has 0 unspecified atom stereocenters. The Morgan fingerprint density at radius 3 is 2.50 bits per heavy atom. The van der Waals surface area contributed by atoms with Crippen LogP contribution >= 0.6 is 11.6 Å². The predicted octanol–water partition coefficient (Wildman–Crippen LogP) is 3.71. The third-order valence-corrected chi connectivity index (χ3v) is 5.55. The zero-order valence-electron chi connectivity index (χ0n) is 17.5. The highest BCUT2D eigenvalue weighted by Gasteiger charge is 2.25. The van der Waals surface area contributed by atoms with E-state index in [0.717, 1.165) is 0 Å². The minimum absolute atomic E-state index is 0.00150. The van der Waals surface area contributed by atoms with Gasteiger partial charge in [0.15, 0.2) is 5.65 Å². The number of hydrogen-bond acceptors (Lipinski definition) is 6. The molecule has 1 aliphatic heterocycles. The molecular formula is C21H21ClN6O4. The van der Waals surface area contributed by atoms with Crippen molar-refractivity contribution in [3.05, 3.63) is 45.8 Å². The second kappa shape index (κ2) is 8.91. The maximum atomic E-state index is 12.1. The summed E-state index contributed by atoms with van der Waals surface area (Å²) in [6.45, 7) is 1.24. The fraction of sp³-hybridized carbons (Fsp3) is 0.333. The number of likely N-dealkylation sites (tertiary alicyclic amines) is 1. The fourth-order valence-electron chi connectivity index (χ4n) is 3.58. The Morgan fingerprint density at radius 2 is 1.88 bits per heavy atom. The smallest absolute Gasteiger partial charge is 0.319 e. The summed E-state index contributed by atoms with van der Waals surface area (Å²) in [6, 6.07) is 8.33. The molecule has 0 saturated carbocycles. The lowest BCUT2D eigenvalue weighted by Crippen LogP contribution is -2.46. The summed E-state index contributed by atoms with van der Waals surface area (Å²) in [5.74, 6) is -0.836. The molecule has 32 heavy (non-hydrogen) atoms. The molecule has 1 fully saturated rings. The van der Waals surface area contributed by atoms with E-state index < -0.39 is 5.91 Å². The molecule has 11 heteroatoms. The Kier molecular flexibility index (Phi) is 6.04. The first kappa shape index (κ1) is 21.7. The highest BCUT2D eigenvalue weighted by atomic mass is 35.5. The Labute approximate surface area is 188 Å². The van der Waals surface area contributed by atoms with Crippen molar-refractivity contribution in [3.8, 4) is 17.3 Å². The largest absolute Gasteiger partial charge is 0.461 e. The van der Waals surface area contributed by atoms with E-state index in [4.69, 9.17) is 16.3 Å². The maximum Gasteiger partial charge on any atom is 0.319 e. The molecule has 1 N–H and O–H groups in total. The summed E-state index contributed by atoms with van der Waals surface area (Å²) in [4.78, 5) is 49.3. The molecule has 10 nitrogen and oxygen atoms in total. The molecule has 3 amide bonds. The normalized spacial score (nSPS) is 14.4. The quantitative estimate of drug-likeness (QED) is 0.597. The van der Waals surface area contributed by atoms with Gasteiger partial charge in [-0.3, -0.25) is 4.79 Å². The van der Waals surface area contributed by atoms with Crippen molar-refractivity contribution in [2.24, 2.45) is 5.18 Å². The number of urea groups is 1. The monoisotopic (exact) mass is 456 g/mol. The zero-order valence-corrected chi connectivity index (χ0v) is 18.3. The van der Waals surface area contributed by atoms with Crippen LogP contribution in [0, 0.1) is 4.91 Å². The van der Waals surface area contributed by atoms with E-state index in [9.17, 15) is 14.5 Å². The lowest BCUT2D eigenvalue weighted by molar-refractivity contribution is 0.0957. The summed E-state index contributed by atoms with van der Waals surface area (Å²) < 4.78 is 5.99. The van der Waals surface area contributed by atoms with Gasteiger partial charge in [-0.2, -0.15) is 4.98 Å². The minimum atomic E-state index is -0.836. The first-order valence-electron chi connectivity index (χ1n) is 10.0. The van der Waals surface area contributed by atoms with Crippen LogP contribution in [0.1, 0.15) is 23.2 Å². The van der Waals surface area contributed by atoms with Crippen LogP contribution in [0.25, 0.3) is 22.4 Å². The molecular weight excluding hydrogens is 436 g/mol. The Morgan fingerprint density at radius 1 is 1.19 bits per heavy atom. The number of nitrogens with zero attached hydrogens (tertiary/aromatic N) is 5. The molecule has 0 atom stereocenters. The van der Waals surface area contributed by atoms with E-state index >= 15 is 0 Å². The van der Waals surface area contributed by atoms with Gasteiger partial charge in [0, 0.05) is 56.3 Å². The van der Waals surface area contributed by atoms with Crippen molar-refractivity contribution >= 4 is 34.7 Å². The van der Waals surface area contributed by atoms with E-state index in [1.165, 1.54) is 12.1 Å². The maximum absolute atomic E-state index is 12.1. The van der Waals surface area contributed by atoms with E-state index in [1.807, 2.05) is 0 Å². The topological polar surface area (TPSA) is 121 Å². The van der Waals surface area contributed by atoms with Crippen LogP contribution in [0.5, 0.6) is 6.01 Å². The molecule has 0 bridgehead atoms. The number of ether oxygens (including phenoxy) is 1. The number of H-pyrrole nitrogens is 1. The van der Waals surface area contributed by atoms with Crippen LogP contribution in [-0.2, 0) is 0 Å². The van der Waals surface area contributed by atoms with Crippen LogP contribution in [0.3, 0.4) is 0 Å². The van der Waals surface area contributed by atoms with E-state index in [1.54, 1.807) is 42.1 Å². The zero-order chi connectivity index (χ0) is 22.8. The number of aromatic nitrogens is 3. The molecule has 1 aromatic carbocycles. The molecule has 166 valence electrons. The van der Waals surface area contributed by atoms with Gasteiger partial charge in [-0.15, -0.1) is 4.91 Å². The minimum Gasteiger partial charge on any atom is -0.461 e. The number of halogens is 1. The molecule has 0 radical (unpaired) electrons. The number of fused-ring (bicyclic) bond motifs is 1. The average molecular weight is 457 g/mol. The van der Waals surface area contributed by atoms with Crippen LogP contribution in [0.2, 0.25) is 5.02 Å². The number of imidazole rings is 1. The Bertz CT molecular complexity index is 1170. The number of aromatic amines is 1. The molecule has 4 rings (SSSR count). The molecule has 1 aliphatic rings. The first-order valence-corrected chi connectivity index (χ1v) is 10.4. The van der Waals surface area contributed by atoms with Crippen LogP contribution in [0.4, 0.5) is 4.79 Å². The SMILES string of the molecule is CN(C)C(=O)N1CCC(Oc2nc3nc(-c4ccc(C(=O)N=O)cc4)c(Cl)cc3[nH]2)CC1. The predicted molar refractivity (Wildman–Crippen MR) is 119 cm³/mol. The van der Waals surface area contributed by atoms with Crippen molar-refractivity contribution in [2.75, 3.05) is 27.2 Å². The van der Waals surface area contributed by atoms with Gasteiger partial charge in [-0.05, 0) is 18.2 Å². The van der Waals surface area contributed by atoms with Crippen molar-refractivity contribution in [1.29, 1.82) is 0 Å². The molecule has 1 saturated heterocycles. The van der Waals surface area contributed by atoms with Gasteiger partial charge in [-0.25, -0.2) is 9.78 Å². The molecule has 2 aromatic heterocycles. The number of carbonyl (C=O) groups is 2. The van der Waals surface area contributed by atoms with Gasteiger partial charge in [0.2, 0.25) is 0 Å². The highest BCUT2D eigenvalue weighted by Crippen LogP contribution is 2.30. The third-order valence-electron chi connectivity index (χ3n) is 5.27. The average Bonchev–Trinajstić information content (AvgIpc) is 3.19. The summed E-state index contributed by atoms with van der Waals surface area (Å²) >= 11 is 6.41. The van der Waals surface area contributed by atoms with Gasteiger partial charge >= 0.3 is 11.9 Å². The number of piperidine rings is 1. The van der Waals surface area contributed by atoms with Crippen molar-refractivity contribution in [3.63, 3.8) is 0 Å². The van der Waals surface area contributed by atoms with Gasteiger partial charge in [0.05, 0.1) is 16.2 Å². The lowest BCUT2D eigenvalue weighted by atomic mass is 10.1. The van der Waals surface area contributed by atoms with Gasteiger partial charge < -0.3 is 19.5 Å². The van der Waals surface area contributed by atoms with E-state index in [0.29, 0.717) is 59.4 Å². The second-order valence-corrected chi connectivity index (χ2v) is 8.09. The molecule has 3 aromatic rings. The summed E-state index contributed by atoms with van der Waals surface area (Å²) in [5.41, 5.74) is 2.42. The lowest BCUT2D eigenvalue weighted by Gasteiger charge is -2.33. The number of amides is 3. The van der Waals surface area contributed by atoms with Crippen LogP contribution < -0.4 is 4.74 Å². The number of pyridine rings is 1. The summed E-state index contributed by atoms with van der Waals surface area (Å²) in [5, 5.41) is 2.81. The van der Waals surface area contributed by atoms with Crippen LogP contribution in [-0.4, -0.2) is 70.0 Å². The number of benzene rings is 1. The number of rotatable bonds is 4. The first-order chi connectivity index (χ1) is 15.4. The number of carbonyl (C=O) groups excluding carboxylic acids is 2. The summed E-state index contributed by atoms with van der Waals surface area (Å²) in [6.07, 6.45) is 1.35. The number of hydrogen-bond donors (Lipinski definition) is 1. The molecule has 0 spiro atoms. The number of nitroso groups, excluding NO2 is 1. The highest BCUT2D eigenvalue weighted by molar-refractivity contribution is 6.33. The van der Waals surface area contributed by atoms with E-state index in [2.05, 4.69) is 20.1 Å². The second-order valence-electron chi connectivity index (χ2n) is 7.69. The van der Waals surface area contributed by atoms with Crippen molar-refractivity contribution in [1.82, 2.24) is 24.8 Å². The van der Waals surface area contributed by atoms with E-state index in [-0.39, 0.29) is 17.7 Å². The third kappa shape index (κ3) is 4.40.